The largest absolute Gasteiger partial charge is 0.574 e. The molecular weight excluding hydrogens is 272 g/mol. The van der Waals surface area contributed by atoms with E-state index in [2.05, 4.69) is 14.5 Å². The number of aromatic nitrogens is 1. The van der Waals surface area contributed by atoms with Crippen LogP contribution in [0.5, 0.6) is 5.88 Å². The molecule has 9 heteroatoms. The number of hydrogen-bond acceptors (Lipinski definition) is 5. The second-order valence-electron chi connectivity index (χ2n) is 3.28. The summed E-state index contributed by atoms with van der Waals surface area (Å²) in [5, 5.41) is 0. The zero-order chi connectivity index (χ0) is 14.6. The average molecular weight is 282 g/mol. The number of carbonyl (C=O) groups is 1. The van der Waals surface area contributed by atoms with E-state index in [9.17, 15) is 22.4 Å². The van der Waals surface area contributed by atoms with E-state index in [-0.39, 0.29) is 12.3 Å². The van der Waals surface area contributed by atoms with E-state index in [1.165, 1.54) is 6.92 Å². The van der Waals surface area contributed by atoms with Gasteiger partial charge in [-0.2, -0.15) is 0 Å². The van der Waals surface area contributed by atoms with Crippen LogP contribution in [0.1, 0.15) is 23.0 Å². The minimum atomic E-state index is -5.09. The van der Waals surface area contributed by atoms with E-state index in [1.54, 1.807) is 0 Å². The predicted molar refractivity (Wildman–Crippen MR) is 56.1 cm³/mol. The molecule has 0 saturated carbocycles. The summed E-state index contributed by atoms with van der Waals surface area (Å²) in [6.07, 6.45) is -5.09. The molecule has 1 heterocycles. The molecule has 2 N–H and O–H groups in total. The predicted octanol–water partition coefficient (Wildman–Crippen LogP) is 2.21. The summed E-state index contributed by atoms with van der Waals surface area (Å²) in [5.41, 5.74) is 3.92. The lowest BCUT2D eigenvalue weighted by atomic mass is 10.2. The van der Waals surface area contributed by atoms with Crippen molar-refractivity contribution in [2.24, 2.45) is 0 Å². The lowest BCUT2D eigenvalue weighted by Crippen LogP contribution is -2.22. The van der Waals surface area contributed by atoms with Gasteiger partial charge in [-0.3, -0.25) is 0 Å². The maximum Gasteiger partial charge on any atom is 0.574 e. The van der Waals surface area contributed by atoms with Gasteiger partial charge < -0.3 is 15.2 Å². The number of ether oxygens (including phenoxy) is 2. The van der Waals surface area contributed by atoms with Crippen LogP contribution in [0.3, 0.4) is 0 Å². The smallest absolute Gasteiger partial charge is 0.462 e. The quantitative estimate of drug-likeness (QED) is 0.677. The summed E-state index contributed by atoms with van der Waals surface area (Å²) in [5.74, 6) is -2.25. The lowest BCUT2D eigenvalue weighted by molar-refractivity contribution is -0.276. The van der Waals surface area contributed by atoms with Crippen LogP contribution in [0, 0.1) is 0 Å². The summed E-state index contributed by atoms with van der Waals surface area (Å²) >= 11 is 0. The van der Waals surface area contributed by atoms with Gasteiger partial charge in [0, 0.05) is 0 Å². The first-order valence-electron chi connectivity index (χ1n) is 5.06. The Balaban J connectivity index is 3.29. The molecule has 0 amide bonds. The van der Waals surface area contributed by atoms with Crippen molar-refractivity contribution in [3.8, 4) is 5.88 Å². The third kappa shape index (κ3) is 3.97. The Labute approximate surface area is 105 Å². The van der Waals surface area contributed by atoms with Gasteiger partial charge in [-0.15, -0.1) is 13.2 Å². The number of rotatable bonds is 4. The Hall–Kier alpha value is -2.06. The molecular formula is C10H10F4N2O3. The van der Waals surface area contributed by atoms with Gasteiger partial charge in [0.25, 0.3) is 0 Å². The summed E-state index contributed by atoms with van der Waals surface area (Å²) in [4.78, 5) is 14.7. The molecule has 0 aliphatic rings. The summed E-state index contributed by atoms with van der Waals surface area (Å²) in [7, 11) is 0. The fraction of sp³-hybridized carbons (Fsp3) is 0.400. The normalized spacial score (nSPS) is 11.2. The third-order valence-corrected chi connectivity index (χ3v) is 1.90. The van der Waals surface area contributed by atoms with Crippen LogP contribution in [0.25, 0.3) is 0 Å². The molecule has 0 bridgehead atoms. The number of nitrogen functional groups attached to an aromatic ring is 1. The zero-order valence-corrected chi connectivity index (χ0v) is 9.75. The molecule has 1 aromatic heterocycles. The van der Waals surface area contributed by atoms with Crippen LogP contribution in [0.2, 0.25) is 0 Å². The number of nitrogens with zero attached hydrogens (tertiary/aromatic N) is 1. The Bertz CT molecular complexity index is 477. The second-order valence-corrected chi connectivity index (χ2v) is 3.28. The van der Waals surface area contributed by atoms with E-state index in [1.807, 2.05) is 0 Å². The van der Waals surface area contributed by atoms with Crippen LogP contribution in [-0.2, 0) is 11.4 Å². The molecule has 0 aliphatic heterocycles. The molecule has 0 radical (unpaired) electrons. The molecule has 106 valence electrons. The minimum Gasteiger partial charge on any atom is -0.462 e. The van der Waals surface area contributed by atoms with Gasteiger partial charge in [0.1, 0.15) is 12.2 Å². The van der Waals surface area contributed by atoms with Gasteiger partial charge in [-0.25, -0.2) is 14.2 Å². The van der Waals surface area contributed by atoms with Crippen LogP contribution in [-0.4, -0.2) is 23.9 Å². The van der Waals surface area contributed by atoms with E-state index in [0.29, 0.717) is 0 Å². The van der Waals surface area contributed by atoms with Gasteiger partial charge in [0.2, 0.25) is 5.88 Å². The van der Waals surface area contributed by atoms with Gasteiger partial charge in [-0.05, 0) is 13.0 Å². The lowest BCUT2D eigenvalue weighted by Gasteiger charge is -2.14. The first kappa shape index (κ1) is 15.0. The molecule has 1 aromatic rings. The van der Waals surface area contributed by atoms with Crippen LogP contribution >= 0.6 is 0 Å². The number of pyridine rings is 1. The van der Waals surface area contributed by atoms with Crippen molar-refractivity contribution >= 4 is 11.7 Å². The Morgan fingerprint density at radius 3 is 2.58 bits per heavy atom. The van der Waals surface area contributed by atoms with Crippen molar-refractivity contribution in [3.05, 3.63) is 17.3 Å². The van der Waals surface area contributed by atoms with Crippen molar-refractivity contribution in [3.63, 3.8) is 0 Å². The summed E-state index contributed by atoms with van der Waals surface area (Å²) < 4.78 is 57.1. The molecule has 0 atom stereocenters. The Morgan fingerprint density at radius 2 is 2.11 bits per heavy atom. The first-order valence-corrected chi connectivity index (χ1v) is 5.06. The maximum absolute atomic E-state index is 12.4. The molecule has 0 aliphatic carbocycles. The third-order valence-electron chi connectivity index (χ3n) is 1.90. The minimum absolute atomic E-state index is 0.0748. The second kappa shape index (κ2) is 5.72. The Morgan fingerprint density at radius 1 is 1.47 bits per heavy atom. The maximum atomic E-state index is 12.4. The zero-order valence-electron chi connectivity index (χ0n) is 9.75. The molecule has 1 rings (SSSR count). The van der Waals surface area contributed by atoms with Gasteiger partial charge >= 0.3 is 12.3 Å². The van der Waals surface area contributed by atoms with Crippen LogP contribution in [0.4, 0.5) is 23.2 Å². The highest BCUT2D eigenvalue weighted by Gasteiger charge is 2.35. The van der Waals surface area contributed by atoms with E-state index < -0.39 is 36.1 Å². The summed E-state index contributed by atoms with van der Waals surface area (Å²) in [6.45, 7) is 0.234. The molecule has 19 heavy (non-hydrogen) atoms. The van der Waals surface area contributed by atoms with Gasteiger partial charge in [0.15, 0.2) is 0 Å². The van der Waals surface area contributed by atoms with Crippen molar-refractivity contribution < 1.29 is 31.8 Å². The molecule has 0 spiro atoms. The fourth-order valence-corrected chi connectivity index (χ4v) is 1.25. The topological polar surface area (TPSA) is 74.4 Å². The standard InChI is InChI=1S/C10H10F4N2O3/c1-2-18-9(17)7-6(15)3-5(4-11)16-8(7)19-10(12,13)14/h3H,2,4H2,1H3,(H2,15,16). The molecule has 0 fully saturated rings. The molecule has 0 aromatic carbocycles. The number of hydrogen-bond donors (Lipinski definition) is 1. The Kier molecular flexibility index (Phi) is 4.52. The highest BCUT2D eigenvalue weighted by atomic mass is 19.4. The van der Waals surface area contributed by atoms with E-state index in [0.717, 1.165) is 6.07 Å². The van der Waals surface area contributed by atoms with Crippen molar-refractivity contribution in [1.82, 2.24) is 4.98 Å². The number of halogens is 4. The van der Waals surface area contributed by atoms with Crippen LogP contribution in [0.15, 0.2) is 6.07 Å². The molecule has 0 saturated heterocycles. The molecule has 0 unspecified atom stereocenters. The number of carbonyl (C=O) groups excluding carboxylic acids is 1. The van der Waals surface area contributed by atoms with Crippen molar-refractivity contribution in [2.45, 2.75) is 20.0 Å². The van der Waals surface area contributed by atoms with Gasteiger partial charge in [0.05, 0.1) is 18.0 Å². The van der Waals surface area contributed by atoms with E-state index in [4.69, 9.17) is 5.73 Å². The summed E-state index contributed by atoms with van der Waals surface area (Å²) in [6, 6.07) is 0.940. The molecule has 5 nitrogen and oxygen atoms in total. The average Bonchev–Trinajstić information content (AvgIpc) is 2.26. The van der Waals surface area contributed by atoms with Crippen molar-refractivity contribution in [2.75, 3.05) is 12.3 Å². The monoisotopic (exact) mass is 282 g/mol. The highest BCUT2D eigenvalue weighted by molar-refractivity contribution is 5.97. The van der Waals surface area contributed by atoms with Crippen LogP contribution < -0.4 is 10.5 Å². The number of esters is 1. The van der Waals surface area contributed by atoms with Crippen molar-refractivity contribution in [1.29, 1.82) is 0 Å². The number of nitrogens with two attached hydrogens (primary N) is 1. The SMILES string of the molecule is CCOC(=O)c1c(N)cc(CF)nc1OC(F)(F)F. The highest BCUT2D eigenvalue weighted by Crippen LogP contribution is 2.29. The number of anilines is 1. The van der Waals surface area contributed by atoms with E-state index >= 15 is 0 Å². The fourth-order valence-electron chi connectivity index (χ4n) is 1.25. The van der Waals surface area contributed by atoms with Gasteiger partial charge in [-0.1, -0.05) is 0 Å². The number of alkyl halides is 4. The first-order chi connectivity index (χ1) is 8.78.